The predicted octanol–water partition coefficient (Wildman–Crippen LogP) is 0.789. The maximum atomic E-state index is 11.5. The molecule has 0 aromatic carbocycles. The van der Waals surface area contributed by atoms with Gasteiger partial charge in [0.2, 0.25) is 0 Å². The number of ether oxygens (including phenoxy) is 1. The first-order chi connectivity index (χ1) is 7.68. The van der Waals surface area contributed by atoms with E-state index in [4.69, 9.17) is 10.5 Å². The van der Waals surface area contributed by atoms with E-state index in [0.29, 0.717) is 4.88 Å². The number of nitrogens with zero attached hydrogens (tertiary/aromatic N) is 1. The van der Waals surface area contributed by atoms with Crippen LogP contribution >= 0.6 is 11.3 Å². The molecule has 0 radical (unpaired) electrons. The summed E-state index contributed by atoms with van der Waals surface area (Å²) < 4.78 is 4.92. The Labute approximate surface area is 94.1 Å². The van der Waals surface area contributed by atoms with Crippen LogP contribution in [0, 0.1) is 0 Å². The van der Waals surface area contributed by atoms with E-state index in [0.717, 1.165) is 0 Å². The first kappa shape index (κ1) is 10.4. The third-order valence-electron chi connectivity index (χ3n) is 1.76. The molecule has 1 amide bonds. The Morgan fingerprint density at radius 2 is 2.31 bits per heavy atom. The second kappa shape index (κ2) is 4.15. The molecule has 0 aliphatic rings. The molecule has 3 N–H and O–H groups in total. The van der Waals surface area contributed by atoms with Gasteiger partial charge in [-0.15, -0.1) is 11.3 Å². The Balaban J connectivity index is 2.18. The normalized spacial score (nSPS) is 10.0. The van der Waals surface area contributed by atoms with Crippen molar-refractivity contribution >= 4 is 23.2 Å². The molecule has 0 bridgehead atoms. The number of H-pyrrole nitrogens is 1. The van der Waals surface area contributed by atoms with E-state index in [9.17, 15) is 9.59 Å². The summed E-state index contributed by atoms with van der Waals surface area (Å²) in [6.07, 6.45) is 1.23. The minimum absolute atomic E-state index is 0.0232. The molecule has 0 fully saturated rings. The molecule has 0 atom stereocenters. The van der Waals surface area contributed by atoms with Crippen molar-refractivity contribution in [3.63, 3.8) is 0 Å². The van der Waals surface area contributed by atoms with Gasteiger partial charge in [0.05, 0.1) is 6.33 Å². The Morgan fingerprint density at radius 3 is 2.94 bits per heavy atom. The van der Waals surface area contributed by atoms with Gasteiger partial charge in [0.25, 0.3) is 11.8 Å². The van der Waals surface area contributed by atoms with Crippen molar-refractivity contribution in [3.8, 4) is 5.88 Å². The number of amides is 1. The van der Waals surface area contributed by atoms with Gasteiger partial charge in [-0.2, -0.15) is 0 Å². The van der Waals surface area contributed by atoms with E-state index >= 15 is 0 Å². The SMILES string of the molecule is NC(=O)c1[nH]cnc1OC(=O)c1cccs1. The molecule has 2 heterocycles. The number of carbonyl (C=O) groups is 2. The lowest BCUT2D eigenvalue weighted by atomic mass is 10.4. The average Bonchev–Trinajstić information content (AvgIpc) is 2.86. The third kappa shape index (κ3) is 1.94. The van der Waals surface area contributed by atoms with Gasteiger partial charge in [0, 0.05) is 0 Å². The van der Waals surface area contributed by atoms with Gasteiger partial charge in [-0.05, 0) is 11.4 Å². The molecule has 6 nitrogen and oxygen atoms in total. The minimum Gasteiger partial charge on any atom is -0.401 e. The Kier molecular flexibility index (Phi) is 2.69. The molecule has 2 aromatic heterocycles. The van der Waals surface area contributed by atoms with Crippen molar-refractivity contribution in [3.05, 3.63) is 34.4 Å². The monoisotopic (exact) mass is 237 g/mol. The van der Waals surface area contributed by atoms with Gasteiger partial charge in [0.15, 0.2) is 5.69 Å². The standard InChI is InChI=1S/C9H7N3O3S/c10-7(13)6-8(12-4-11-6)15-9(14)5-2-1-3-16-5/h1-4H,(H2,10,13)(H,11,12). The highest BCUT2D eigenvalue weighted by atomic mass is 32.1. The summed E-state index contributed by atoms with van der Waals surface area (Å²) in [7, 11) is 0. The largest absolute Gasteiger partial charge is 0.401 e. The molecule has 16 heavy (non-hydrogen) atoms. The number of imidazole rings is 1. The van der Waals surface area contributed by atoms with Crippen molar-refractivity contribution < 1.29 is 14.3 Å². The summed E-state index contributed by atoms with van der Waals surface area (Å²) in [5.74, 6) is -1.40. The van der Waals surface area contributed by atoms with E-state index in [2.05, 4.69) is 9.97 Å². The van der Waals surface area contributed by atoms with E-state index in [1.807, 2.05) is 0 Å². The third-order valence-corrected chi connectivity index (χ3v) is 2.61. The van der Waals surface area contributed by atoms with Crippen molar-refractivity contribution in [2.24, 2.45) is 5.73 Å². The zero-order chi connectivity index (χ0) is 11.5. The number of aromatic amines is 1. The number of rotatable bonds is 3. The van der Waals surface area contributed by atoms with Crippen LogP contribution in [-0.2, 0) is 0 Å². The summed E-state index contributed by atoms with van der Waals surface area (Å²) in [6, 6.07) is 3.34. The van der Waals surface area contributed by atoms with Crippen LogP contribution < -0.4 is 10.5 Å². The Bertz CT molecular complexity index is 518. The number of nitrogens with two attached hydrogens (primary N) is 1. The molecule has 0 saturated carbocycles. The molecule has 0 aliphatic heterocycles. The number of hydrogen-bond donors (Lipinski definition) is 2. The molecule has 0 aliphatic carbocycles. The number of nitrogens with one attached hydrogen (secondary N) is 1. The van der Waals surface area contributed by atoms with Crippen molar-refractivity contribution in [1.82, 2.24) is 9.97 Å². The number of carbonyl (C=O) groups excluding carboxylic acids is 2. The van der Waals surface area contributed by atoms with Crippen molar-refractivity contribution in [2.75, 3.05) is 0 Å². The fourth-order valence-electron chi connectivity index (χ4n) is 1.07. The van der Waals surface area contributed by atoms with Crippen molar-refractivity contribution in [1.29, 1.82) is 0 Å². The smallest absolute Gasteiger partial charge is 0.355 e. The topological polar surface area (TPSA) is 98.1 Å². The second-order valence-corrected chi connectivity index (χ2v) is 3.76. The van der Waals surface area contributed by atoms with E-state index < -0.39 is 11.9 Å². The predicted molar refractivity (Wildman–Crippen MR) is 56.4 cm³/mol. The lowest BCUT2D eigenvalue weighted by Gasteiger charge is -1.99. The van der Waals surface area contributed by atoms with Crippen LogP contribution in [0.2, 0.25) is 0 Å². The fourth-order valence-corrected chi connectivity index (χ4v) is 1.67. The van der Waals surface area contributed by atoms with Crippen LogP contribution in [0.5, 0.6) is 5.88 Å². The first-order valence-corrected chi connectivity index (χ1v) is 5.15. The molecule has 7 heteroatoms. The molecule has 2 rings (SSSR count). The van der Waals surface area contributed by atoms with Gasteiger partial charge in [-0.1, -0.05) is 6.07 Å². The maximum Gasteiger partial charge on any atom is 0.355 e. The quantitative estimate of drug-likeness (QED) is 0.771. The second-order valence-electron chi connectivity index (χ2n) is 2.81. The van der Waals surface area contributed by atoms with Crippen LogP contribution in [0.3, 0.4) is 0 Å². The summed E-state index contributed by atoms with van der Waals surface area (Å²) in [5, 5.41) is 1.75. The van der Waals surface area contributed by atoms with Crippen LogP contribution in [0.15, 0.2) is 23.8 Å². The summed E-state index contributed by atoms with van der Waals surface area (Å²) in [4.78, 5) is 29.1. The van der Waals surface area contributed by atoms with E-state index in [1.165, 1.54) is 17.7 Å². The van der Waals surface area contributed by atoms with Gasteiger partial charge in [0.1, 0.15) is 4.88 Å². The number of esters is 1. The highest BCUT2D eigenvalue weighted by Crippen LogP contribution is 2.16. The van der Waals surface area contributed by atoms with E-state index in [1.54, 1.807) is 17.5 Å². The van der Waals surface area contributed by atoms with Gasteiger partial charge >= 0.3 is 5.97 Å². The van der Waals surface area contributed by atoms with Crippen LogP contribution in [0.25, 0.3) is 0 Å². The number of hydrogen-bond acceptors (Lipinski definition) is 5. The summed E-state index contributed by atoms with van der Waals surface area (Å²) in [6.45, 7) is 0. The lowest BCUT2D eigenvalue weighted by Crippen LogP contribution is -2.15. The molecule has 2 aromatic rings. The highest BCUT2D eigenvalue weighted by molar-refractivity contribution is 7.12. The Hall–Kier alpha value is -2.15. The minimum atomic E-state index is -0.730. The molecule has 82 valence electrons. The molecule has 0 saturated heterocycles. The first-order valence-electron chi connectivity index (χ1n) is 4.27. The van der Waals surface area contributed by atoms with Crippen LogP contribution in [0.1, 0.15) is 20.2 Å². The highest BCUT2D eigenvalue weighted by Gasteiger charge is 2.17. The van der Waals surface area contributed by atoms with E-state index in [-0.39, 0.29) is 11.6 Å². The Morgan fingerprint density at radius 1 is 1.50 bits per heavy atom. The molecular formula is C9H7N3O3S. The fraction of sp³-hybridized carbons (Fsp3) is 0. The van der Waals surface area contributed by atoms with Gasteiger partial charge in [-0.3, -0.25) is 4.79 Å². The number of aromatic nitrogens is 2. The molecule has 0 spiro atoms. The molecule has 0 unspecified atom stereocenters. The van der Waals surface area contributed by atoms with Gasteiger partial charge < -0.3 is 15.5 Å². The number of primary amides is 1. The maximum absolute atomic E-state index is 11.5. The number of thiophene rings is 1. The van der Waals surface area contributed by atoms with Crippen LogP contribution in [-0.4, -0.2) is 21.8 Å². The lowest BCUT2D eigenvalue weighted by molar-refractivity contribution is 0.0731. The van der Waals surface area contributed by atoms with Crippen molar-refractivity contribution in [2.45, 2.75) is 0 Å². The zero-order valence-corrected chi connectivity index (χ0v) is 8.78. The van der Waals surface area contributed by atoms with Crippen LogP contribution in [0.4, 0.5) is 0 Å². The summed E-state index contributed by atoms with van der Waals surface area (Å²) in [5.41, 5.74) is 5.03. The molecular weight excluding hydrogens is 230 g/mol. The average molecular weight is 237 g/mol. The summed E-state index contributed by atoms with van der Waals surface area (Å²) >= 11 is 1.24. The zero-order valence-electron chi connectivity index (χ0n) is 7.97. The van der Waals surface area contributed by atoms with Gasteiger partial charge in [-0.25, -0.2) is 9.78 Å².